The van der Waals surface area contributed by atoms with Crippen LogP contribution in [-0.2, 0) is 14.3 Å². The Labute approximate surface area is 182 Å². The van der Waals surface area contributed by atoms with Crippen molar-refractivity contribution >= 4 is 29.0 Å². The van der Waals surface area contributed by atoms with E-state index in [0.29, 0.717) is 0 Å². The van der Waals surface area contributed by atoms with Gasteiger partial charge in [-0.1, -0.05) is 5.92 Å². The highest BCUT2D eigenvalue weighted by molar-refractivity contribution is 5.83. The minimum Gasteiger partial charge on any atom is -0.453 e. The predicted molar refractivity (Wildman–Crippen MR) is 109 cm³/mol. The SMILES string of the molecule is COC(=O)N(C)CC#Cc1nc(N)c2ncn([C@@H]3O[C@H](C(=O)NC4CC4)[C@@H](O)[C@H]3O)c2n1. The molecular formula is C19H23N7O6. The molecule has 2 aromatic rings. The van der Waals surface area contributed by atoms with E-state index in [1.54, 1.807) is 0 Å². The first kappa shape index (κ1) is 21.8. The molecule has 4 atom stereocenters. The number of methoxy groups -OCH3 is 1. The molecule has 4 rings (SSSR count). The van der Waals surface area contributed by atoms with Crippen molar-refractivity contribution < 1.29 is 29.3 Å². The van der Waals surface area contributed by atoms with Crippen LogP contribution < -0.4 is 11.1 Å². The molecule has 2 fully saturated rings. The Bertz CT molecular complexity index is 1100. The molecule has 0 bridgehead atoms. The number of aromatic nitrogens is 4. The Morgan fingerprint density at radius 3 is 2.81 bits per heavy atom. The van der Waals surface area contributed by atoms with Crippen LogP contribution in [0.3, 0.4) is 0 Å². The van der Waals surface area contributed by atoms with Gasteiger partial charge in [-0.3, -0.25) is 9.36 Å². The van der Waals surface area contributed by atoms with Gasteiger partial charge in [-0.2, -0.15) is 0 Å². The van der Waals surface area contributed by atoms with Gasteiger partial charge in [-0.25, -0.2) is 19.7 Å². The minimum atomic E-state index is -1.43. The second kappa shape index (κ2) is 8.58. The van der Waals surface area contributed by atoms with Crippen molar-refractivity contribution in [1.29, 1.82) is 0 Å². The zero-order valence-electron chi connectivity index (χ0n) is 17.4. The number of nitrogens with two attached hydrogens (primary N) is 1. The Morgan fingerprint density at radius 2 is 2.12 bits per heavy atom. The third-order valence-corrected chi connectivity index (χ3v) is 5.15. The number of carbonyl (C=O) groups excluding carboxylic acids is 2. The van der Waals surface area contributed by atoms with E-state index in [9.17, 15) is 19.8 Å². The highest BCUT2D eigenvalue weighted by Gasteiger charge is 2.48. The monoisotopic (exact) mass is 445 g/mol. The van der Waals surface area contributed by atoms with Gasteiger partial charge in [-0.05, 0) is 18.8 Å². The lowest BCUT2D eigenvalue weighted by molar-refractivity contribution is -0.137. The summed E-state index contributed by atoms with van der Waals surface area (Å²) in [6.07, 6.45) is -2.64. The highest BCUT2D eigenvalue weighted by atomic mass is 16.6. The summed E-state index contributed by atoms with van der Waals surface area (Å²) in [5.41, 5.74) is 6.43. The lowest BCUT2D eigenvalue weighted by Crippen LogP contribution is -2.43. The topological polar surface area (TPSA) is 178 Å². The van der Waals surface area contributed by atoms with E-state index in [1.165, 1.54) is 30.0 Å². The lowest BCUT2D eigenvalue weighted by atomic mass is 10.1. The van der Waals surface area contributed by atoms with E-state index in [-0.39, 0.29) is 35.4 Å². The maximum Gasteiger partial charge on any atom is 0.410 e. The van der Waals surface area contributed by atoms with Crippen LogP contribution in [0.2, 0.25) is 0 Å². The molecule has 0 aromatic carbocycles. The van der Waals surface area contributed by atoms with Gasteiger partial charge in [0.2, 0.25) is 5.82 Å². The van der Waals surface area contributed by atoms with E-state index in [4.69, 9.17) is 10.5 Å². The molecule has 1 saturated carbocycles. The zero-order chi connectivity index (χ0) is 23.0. The van der Waals surface area contributed by atoms with E-state index in [1.807, 2.05) is 0 Å². The van der Waals surface area contributed by atoms with Gasteiger partial charge in [0.05, 0.1) is 20.0 Å². The van der Waals surface area contributed by atoms with Gasteiger partial charge < -0.3 is 35.6 Å². The fourth-order valence-electron chi connectivity index (χ4n) is 3.26. The molecule has 5 N–H and O–H groups in total. The standard InChI is InChI=1S/C19H23N7O6/c1-25(19(30)31-2)7-3-4-10-23-15(20)11-16(24-10)26(8-21-11)18-13(28)12(27)14(32-18)17(29)22-9-5-6-9/h8-9,12-14,18,27-28H,5-7H2,1-2H3,(H,22,29)(H2,20,23,24)/t12-,13+,14-,18+/m0/s1. The summed E-state index contributed by atoms with van der Waals surface area (Å²) in [4.78, 5) is 37.6. The molecule has 170 valence electrons. The summed E-state index contributed by atoms with van der Waals surface area (Å²) in [6, 6.07) is 0.0791. The van der Waals surface area contributed by atoms with Gasteiger partial charge in [-0.15, -0.1) is 0 Å². The molecule has 13 nitrogen and oxygen atoms in total. The van der Waals surface area contributed by atoms with Crippen molar-refractivity contribution in [2.24, 2.45) is 0 Å². The molecule has 32 heavy (non-hydrogen) atoms. The number of ether oxygens (including phenoxy) is 2. The molecule has 2 amide bonds. The average molecular weight is 445 g/mol. The Hall–Kier alpha value is -3.47. The van der Waals surface area contributed by atoms with Crippen molar-refractivity contribution in [3.05, 3.63) is 12.2 Å². The number of nitrogens with one attached hydrogen (secondary N) is 1. The first-order chi connectivity index (χ1) is 15.3. The molecule has 3 heterocycles. The average Bonchev–Trinajstić information content (AvgIpc) is 3.40. The smallest absolute Gasteiger partial charge is 0.410 e. The van der Waals surface area contributed by atoms with E-state index in [2.05, 4.69) is 36.8 Å². The van der Waals surface area contributed by atoms with Crippen molar-refractivity contribution in [3.8, 4) is 11.8 Å². The number of aliphatic hydroxyl groups is 2. The first-order valence-electron chi connectivity index (χ1n) is 9.90. The molecule has 0 radical (unpaired) electrons. The molecule has 1 saturated heterocycles. The highest BCUT2D eigenvalue weighted by Crippen LogP contribution is 2.33. The van der Waals surface area contributed by atoms with E-state index in [0.717, 1.165) is 12.8 Å². The summed E-state index contributed by atoms with van der Waals surface area (Å²) < 4.78 is 11.6. The van der Waals surface area contributed by atoms with Crippen molar-refractivity contribution in [1.82, 2.24) is 29.7 Å². The maximum absolute atomic E-state index is 12.3. The van der Waals surface area contributed by atoms with Crippen LogP contribution in [0.15, 0.2) is 6.33 Å². The van der Waals surface area contributed by atoms with Crippen LogP contribution >= 0.6 is 0 Å². The number of carbonyl (C=O) groups is 2. The van der Waals surface area contributed by atoms with Crippen molar-refractivity contribution in [2.75, 3.05) is 26.4 Å². The quantitative estimate of drug-likeness (QED) is 0.399. The number of imidazole rings is 1. The molecule has 2 aromatic heterocycles. The molecule has 13 heteroatoms. The van der Waals surface area contributed by atoms with Crippen LogP contribution in [0.1, 0.15) is 24.9 Å². The summed E-state index contributed by atoms with van der Waals surface area (Å²) in [6.45, 7) is 0.0711. The number of nitrogen functional groups attached to an aromatic ring is 1. The molecule has 0 unspecified atom stereocenters. The molecule has 2 aliphatic rings. The number of hydrogen-bond acceptors (Lipinski definition) is 10. The summed E-state index contributed by atoms with van der Waals surface area (Å²) in [5.74, 6) is 5.08. The second-order valence-electron chi connectivity index (χ2n) is 7.60. The normalized spacial score (nSPS) is 24.6. The number of fused-ring (bicyclic) bond motifs is 1. The summed E-state index contributed by atoms with van der Waals surface area (Å²) >= 11 is 0. The summed E-state index contributed by atoms with van der Waals surface area (Å²) in [7, 11) is 2.79. The maximum atomic E-state index is 12.3. The first-order valence-corrected chi connectivity index (χ1v) is 9.90. The largest absolute Gasteiger partial charge is 0.453 e. The Morgan fingerprint density at radius 1 is 1.38 bits per heavy atom. The van der Waals surface area contributed by atoms with Crippen LogP contribution in [-0.4, -0.2) is 91.7 Å². The van der Waals surface area contributed by atoms with E-state index >= 15 is 0 Å². The number of anilines is 1. The number of aliphatic hydroxyl groups excluding tert-OH is 2. The van der Waals surface area contributed by atoms with Gasteiger partial charge in [0.25, 0.3) is 5.91 Å². The van der Waals surface area contributed by atoms with Gasteiger partial charge in [0.1, 0.15) is 17.7 Å². The van der Waals surface area contributed by atoms with Gasteiger partial charge in [0.15, 0.2) is 23.8 Å². The second-order valence-corrected chi connectivity index (χ2v) is 7.60. The van der Waals surface area contributed by atoms with Gasteiger partial charge >= 0.3 is 6.09 Å². The molecule has 1 aliphatic heterocycles. The fourth-order valence-corrected chi connectivity index (χ4v) is 3.26. The Balaban J connectivity index is 1.58. The van der Waals surface area contributed by atoms with Crippen LogP contribution in [0, 0.1) is 11.8 Å². The third kappa shape index (κ3) is 4.15. The number of rotatable bonds is 4. The number of nitrogens with zero attached hydrogens (tertiary/aromatic N) is 5. The van der Waals surface area contributed by atoms with Crippen molar-refractivity contribution in [2.45, 2.75) is 43.4 Å². The van der Waals surface area contributed by atoms with Gasteiger partial charge in [0, 0.05) is 13.1 Å². The molecule has 1 aliphatic carbocycles. The fraction of sp³-hybridized carbons (Fsp3) is 0.526. The molecular weight excluding hydrogens is 422 g/mol. The Kier molecular flexibility index (Phi) is 5.83. The number of amides is 2. The zero-order valence-corrected chi connectivity index (χ0v) is 17.4. The van der Waals surface area contributed by atoms with Crippen LogP contribution in [0.25, 0.3) is 11.2 Å². The van der Waals surface area contributed by atoms with Crippen LogP contribution in [0.5, 0.6) is 0 Å². The minimum absolute atomic E-state index is 0.0513. The van der Waals surface area contributed by atoms with E-state index < -0.39 is 36.5 Å². The predicted octanol–water partition coefficient (Wildman–Crippen LogP) is -1.64. The number of hydrogen-bond donors (Lipinski definition) is 4. The third-order valence-electron chi connectivity index (χ3n) is 5.15. The lowest BCUT2D eigenvalue weighted by Gasteiger charge is -2.16. The van der Waals surface area contributed by atoms with Crippen molar-refractivity contribution in [3.63, 3.8) is 0 Å². The summed E-state index contributed by atoms with van der Waals surface area (Å²) in [5, 5.41) is 23.6. The van der Waals surface area contributed by atoms with Crippen LogP contribution in [0.4, 0.5) is 10.6 Å². The molecule has 0 spiro atoms.